The Hall–Kier alpha value is -2.64. The number of hydrogen-bond donors (Lipinski definition) is 1. The summed E-state index contributed by atoms with van der Waals surface area (Å²) in [4.78, 5) is 16.9. The van der Waals surface area contributed by atoms with Crippen LogP contribution in [0.3, 0.4) is 0 Å². The standard InChI is InChI=1S/C18H14ClN5OS/c1-11-6-7-13(12(19)8-11)21-16(25)9-26-18-17-23-20-10-24(17)15-5-3-2-4-14(15)22-18/h2-8,10H,9H2,1H3,(H,21,25). The molecule has 0 saturated heterocycles. The van der Waals surface area contributed by atoms with Gasteiger partial charge in [-0.1, -0.05) is 41.6 Å². The zero-order valence-electron chi connectivity index (χ0n) is 13.8. The molecule has 1 amide bonds. The molecule has 0 spiro atoms. The van der Waals surface area contributed by atoms with Gasteiger partial charge in [-0.15, -0.1) is 10.2 Å². The highest BCUT2D eigenvalue weighted by molar-refractivity contribution is 8.00. The monoisotopic (exact) mass is 383 g/mol. The lowest BCUT2D eigenvalue weighted by Gasteiger charge is -2.08. The van der Waals surface area contributed by atoms with E-state index in [4.69, 9.17) is 11.6 Å². The molecule has 0 aliphatic heterocycles. The van der Waals surface area contributed by atoms with E-state index in [-0.39, 0.29) is 11.7 Å². The number of aryl methyl sites for hydroxylation is 1. The maximum atomic E-state index is 12.3. The average molecular weight is 384 g/mol. The normalized spacial score (nSPS) is 11.2. The first-order valence-corrected chi connectivity index (χ1v) is 9.25. The summed E-state index contributed by atoms with van der Waals surface area (Å²) in [6, 6.07) is 13.3. The van der Waals surface area contributed by atoms with E-state index in [9.17, 15) is 4.79 Å². The van der Waals surface area contributed by atoms with E-state index in [0.29, 0.717) is 21.4 Å². The lowest BCUT2D eigenvalue weighted by molar-refractivity contribution is -0.113. The number of nitrogens with one attached hydrogen (secondary N) is 1. The van der Waals surface area contributed by atoms with Crippen molar-refractivity contribution in [2.24, 2.45) is 0 Å². The van der Waals surface area contributed by atoms with E-state index >= 15 is 0 Å². The van der Waals surface area contributed by atoms with Gasteiger partial charge in [-0.05, 0) is 36.8 Å². The third-order valence-corrected chi connectivity index (χ3v) is 5.11. The Morgan fingerprint density at radius 3 is 2.96 bits per heavy atom. The van der Waals surface area contributed by atoms with Crippen molar-refractivity contribution in [3.63, 3.8) is 0 Å². The van der Waals surface area contributed by atoms with Gasteiger partial charge in [0.25, 0.3) is 0 Å². The Balaban J connectivity index is 1.55. The van der Waals surface area contributed by atoms with Crippen LogP contribution in [-0.4, -0.2) is 31.2 Å². The molecule has 4 rings (SSSR count). The number of halogens is 1. The zero-order chi connectivity index (χ0) is 18.1. The highest BCUT2D eigenvalue weighted by atomic mass is 35.5. The summed E-state index contributed by atoms with van der Waals surface area (Å²) in [7, 11) is 0. The number of hydrogen-bond acceptors (Lipinski definition) is 5. The number of fused-ring (bicyclic) bond motifs is 3. The molecule has 0 aliphatic rings. The third-order valence-electron chi connectivity index (χ3n) is 3.84. The Kier molecular flexibility index (Phi) is 4.48. The number of anilines is 1. The van der Waals surface area contributed by atoms with Crippen LogP contribution in [0.25, 0.3) is 16.7 Å². The predicted molar refractivity (Wildman–Crippen MR) is 104 cm³/mol. The number of carbonyl (C=O) groups is 1. The van der Waals surface area contributed by atoms with Gasteiger partial charge >= 0.3 is 0 Å². The summed E-state index contributed by atoms with van der Waals surface area (Å²) in [6.45, 7) is 1.95. The molecule has 0 unspecified atom stereocenters. The van der Waals surface area contributed by atoms with Crippen molar-refractivity contribution in [1.29, 1.82) is 0 Å². The molecule has 0 fully saturated rings. The molecule has 0 radical (unpaired) electrons. The van der Waals surface area contributed by atoms with Gasteiger partial charge in [-0.3, -0.25) is 9.20 Å². The van der Waals surface area contributed by atoms with Crippen LogP contribution in [0.2, 0.25) is 5.02 Å². The first kappa shape index (κ1) is 16.8. The third kappa shape index (κ3) is 3.23. The van der Waals surface area contributed by atoms with Crippen molar-refractivity contribution >= 4 is 51.6 Å². The SMILES string of the molecule is Cc1ccc(NC(=O)CSc2nc3ccccc3n3cnnc23)c(Cl)c1. The first-order valence-electron chi connectivity index (χ1n) is 7.89. The van der Waals surface area contributed by atoms with Crippen molar-refractivity contribution in [3.8, 4) is 0 Å². The highest BCUT2D eigenvalue weighted by Crippen LogP contribution is 2.26. The highest BCUT2D eigenvalue weighted by Gasteiger charge is 2.13. The molecule has 6 nitrogen and oxygen atoms in total. The first-order chi connectivity index (χ1) is 12.6. The molecule has 0 bridgehead atoms. The van der Waals surface area contributed by atoms with E-state index in [1.807, 2.05) is 47.7 Å². The van der Waals surface area contributed by atoms with Gasteiger partial charge in [-0.25, -0.2) is 4.98 Å². The molecule has 0 saturated carbocycles. The average Bonchev–Trinajstić information content (AvgIpc) is 3.12. The maximum absolute atomic E-state index is 12.3. The fourth-order valence-electron chi connectivity index (χ4n) is 2.62. The Morgan fingerprint density at radius 2 is 2.12 bits per heavy atom. The van der Waals surface area contributed by atoms with Crippen LogP contribution in [0.1, 0.15) is 5.56 Å². The minimum absolute atomic E-state index is 0.159. The molecule has 2 heterocycles. The van der Waals surface area contributed by atoms with E-state index in [2.05, 4.69) is 20.5 Å². The van der Waals surface area contributed by atoms with E-state index < -0.39 is 0 Å². The largest absolute Gasteiger partial charge is 0.324 e. The van der Waals surface area contributed by atoms with Gasteiger partial charge < -0.3 is 5.32 Å². The van der Waals surface area contributed by atoms with Gasteiger partial charge in [0.1, 0.15) is 11.4 Å². The second-order valence-electron chi connectivity index (χ2n) is 5.75. The number of amides is 1. The van der Waals surface area contributed by atoms with Crippen molar-refractivity contribution in [1.82, 2.24) is 19.6 Å². The summed E-state index contributed by atoms with van der Waals surface area (Å²) in [5, 5.41) is 12.1. The second kappa shape index (κ2) is 6.93. The fourth-order valence-corrected chi connectivity index (χ4v) is 3.67. The van der Waals surface area contributed by atoms with Crippen molar-refractivity contribution in [2.75, 3.05) is 11.1 Å². The number of benzene rings is 2. The van der Waals surface area contributed by atoms with Crippen LogP contribution < -0.4 is 5.32 Å². The summed E-state index contributed by atoms with van der Waals surface area (Å²) in [6.07, 6.45) is 1.65. The van der Waals surface area contributed by atoms with Gasteiger partial charge in [0, 0.05) is 0 Å². The van der Waals surface area contributed by atoms with E-state index in [1.165, 1.54) is 11.8 Å². The number of thioether (sulfide) groups is 1. The quantitative estimate of drug-likeness (QED) is 0.540. The van der Waals surface area contributed by atoms with Crippen LogP contribution in [0.5, 0.6) is 0 Å². The number of nitrogens with zero attached hydrogens (tertiary/aromatic N) is 4. The lowest BCUT2D eigenvalue weighted by Crippen LogP contribution is -2.14. The van der Waals surface area contributed by atoms with Crippen molar-refractivity contribution in [3.05, 3.63) is 59.4 Å². The fraction of sp³-hybridized carbons (Fsp3) is 0.111. The van der Waals surface area contributed by atoms with Crippen LogP contribution in [0, 0.1) is 6.92 Å². The van der Waals surface area contributed by atoms with Gasteiger partial charge in [0.15, 0.2) is 5.65 Å². The van der Waals surface area contributed by atoms with Crippen LogP contribution >= 0.6 is 23.4 Å². The molecule has 2 aromatic carbocycles. The van der Waals surface area contributed by atoms with E-state index in [0.717, 1.165) is 16.6 Å². The van der Waals surface area contributed by atoms with E-state index in [1.54, 1.807) is 12.4 Å². The second-order valence-corrected chi connectivity index (χ2v) is 7.12. The smallest absolute Gasteiger partial charge is 0.234 e. The van der Waals surface area contributed by atoms with Crippen molar-refractivity contribution in [2.45, 2.75) is 11.9 Å². The minimum atomic E-state index is -0.159. The summed E-state index contributed by atoms with van der Waals surface area (Å²) in [5.41, 5.74) is 4.02. The van der Waals surface area contributed by atoms with Gasteiger partial charge in [-0.2, -0.15) is 0 Å². The molecule has 2 aromatic heterocycles. The zero-order valence-corrected chi connectivity index (χ0v) is 15.4. The number of rotatable bonds is 4. The molecular weight excluding hydrogens is 370 g/mol. The van der Waals surface area contributed by atoms with Crippen LogP contribution in [-0.2, 0) is 4.79 Å². The molecule has 1 N–H and O–H groups in total. The molecule has 26 heavy (non-hydrogen) atoms. The molecule has 8 heteroatoms. The molecule has 130 valence electrons. The number of para-hydroxylation sites is 2. The predicted octanol–water partition coefficient (Wildman–Crippen LogP) is 3.97. The van der Waals surface area contributed by atoms with Crippen LogP contribution in [0.4, 0.5) is 5.69 Å². The Bertz CT molecular complexity index is 1130. The number of aromatic nitrogens is 4. The Labute approximate surface area is 158 Å². The molecular formula is C18H14ClN5OS. The Morgan fingerprint density at radius 1 is 1.27 bits per heavy atom. The lowest BCUT2D eigenvalue weighted by atomic mass is 10.2. The number of carbonyl (C=O) groups excluding carboxylic acids is 1. The maximum Gasteiger partial charge on any atom is 0.234 e. The summed E-state index contributed by atoms with van der Waals surface area (Å²) >= 11 is 7.48. The van der Waals surface area contributed by atoms with Crippen LogP contribution in [0.15, 0.2) is 53.8 Å². The van der Waals surface area contributed by atoms with Gasteiger partial charge in [0.2, 0.25) is 5.91 Å². The molecule has 0 atom stereocenters. The van der Waals surface area contributed by atoms with Crippen molar-refractivity contribution < 1.29 is 4.79 Å². The molecule has 4 aromatic rings. The molecule has 0 aliphatic carbocycles. The minimum Gasteiger partial charge on any atom is -0.324 e. The van der Waals surface area contributed by atoms with Gasteiger partial charge in [0.05, 0.1) is 27.5 Å². The summed E-state index contributed by atoms with van der Waals surface area (Å²) < 4.78 is 1.87. The summed E-state index contributed by atoms with van der Waals surface area (Å²) in [5.74, 6) is 0.0336. The topological polar surface area (TPSA) is 72.2 Å².